The molecule has 1 aromatic heterocycles. The SMILES string of the molecule is CCCc1ccc(Cc2c(O[C@H]3O[C@H](CO)[C@@H](O)[C@H](O)[C@H]3O)n[nH]c2C(F)(F)F)cc1. The number of aliphatic hydroxyl groups is 4. The average molecular weight is 446 g/mol. The third-order valence-corrected chi connectivity index (χ3v) is 5.13. The summed E-state index contributed by atoms with van der Waals surface area (Å²) in [4.78, 5) is 0. The highest BCUT2D eigenvalue weighted by Crippen LogP contribution is 2.36. The van der Waals surface area contributed by atoms with Crippen LogP contribution < -0.4 is 4.74 Å². The number of halogens is 3. The summed E-state index contributed by atoms with van der Waals surface area (Å²) in [7, 11) is 0. The molecule has 8 nitrogen and oxygen atoms in total. The monoisotopic (exact) mass is 446 g/mol. The predicted octanol–water partition coefficient (Wildman–Crippen LogP) is 1.15. The van der Waals surface area contributed by atoms with Gasteiger partial charge in [-0.3, -0.25) is 5.10 Å². The summed E-state index contributed by atoms with van der Waals surface area (Å²) in [6.07, 6.45) is -11.1. The van der Waals surface area contributed by atoms with Crippen molar-refractivity contribution in [2.75, 3.05) is 6.61 Å². The number of nitrogens with one attached hydrogen (secondary N) is 1. The van der Waals surface area contributed by atoms with Gasteiger partial charge in [0.25, 0.3) is 0 Å². The highest BCUT2D eigenvalue weighted by Gasteiger charge is 2.46. The van der Waals surface area contributed by atoms with Crippen molar-refractivity contribution in [1.82, 2.24) is 10.2 Å². The topological polar surface area (TPSA) is 128 Å². The van der Waals surface area contributed by atoms with E-state index in [1.807, 2.05) is 24.2 Å². The molecule has 5 N–H and O–H groups in total. The quantitative estimate of drug-likeness (QED) is 0.432. The van der Waals surface area contributed by atoms with E-state index in [-0.39, 0.29) is 12.0 Å². The van der Waals surface area contributed by atoms with Crippen molar-refractivity contribution in [2.45, 2.75) is 63.1 Å². The van der Waals surface area contributed by atoms with Crippen LogP contribution in [0.3, 0.4) is 0 Å². The normalized spacial score (nSPS) is 26.8. The van der Waals surface area contributed by atoms with Gasteiger partial charge in [-0.25, -0.2) is 0 Å². The number of alkyl halides is 3. The van der Waals surface area contributed by atoms with Gasteiger partial charge in [-0.05, 0) is 17.5 Å². The first kappa shape index (κ1) is 23.5. The molecule has 31 heavy (non-hydrogen) atoms. The van der Waals surface area contributed by atoms with Gasteiger partial charge in [-0.2, -0.15) is 13.2 Å². The van der Waals surface area contributed by atoms with Gasteiger partial charge >= 0.3 is 6.18 Å². The van der Waals surface area contributed by atoms with Gasteiger partial charge in [-0.15, -0.1) is 5.10 Å². The van der Waals surface area contributed by atoms with Crippen LogP contribution >= 0.6 is 0 Å². The molecule has 5 atom stereocenters. The summed E-state index contributed by atoms with van der Waals surface area (Å²) in [6, 6.07) is 7.11. The Labute approximate surface area is 176 Å². The zero-order valence-electron chi connectivity index (χ0n) is 16.7. The van der Waals surface area contributed by atoms with Crippen LogP contribution in [-0.4, -0.2) is 67.9 Å². The first-order valence-electron chi connectivity index (χ1n) is 9.85. The Balaban J connectivity index is 1.88. The van der Waals surface area contributed by atoms with Crippen LogP contribution in [0, 0.1) is 0 Å². The molecule has 172 valence electrons. The van der Waals surface area contributed by atoms with Crippen molar-refractivity contribution < 1.29 is 43.1 Å². The smallest absolute Gasteiger partial charge is 0.433 e. The van der Waals surface area contributed by atoms with Crippen LogP contribution in [0.25, 0.3) is 0 Å². The minimum Gasteiger partial charge on any atom is -0.443 e. The van der Waals surface area contributed by atoms with Crippen LogP contribution in [0.5, 0.6) is 5.88 Å². The average Bonchev–Trinajstić information content (AvgIpc) is 3.12. The minimum atomic E-state index is -4.73. The second-order valence-corrected chi connectivity index (χ2v) is 7.44. The molecule has 0 aliphatic carbocycles. The Kier molecular flexibility index (Phi) is 7.22. The molecule has 1 aliphatic rings. The summed E-state index contributed by atoms with van der Waals surface area (Å²) in [5.74, 6) is -0.464. The van der Waals surface area contributed by atoms with Crippen molar-refractivity contribution >= 4 is 0 Å². The van der Waals surface area contributed by atoms with Gasteiger partial charge in [0.15, 0.2) is 0 Å². The van der Waals surface area contributed by atoms with Gasteiger partial charge in [0.05, 0.1) is 12.2 Å². The lowest BCUT2D eigenvalue weighted by atomic mass is 9.99. The number of aromatic nitrogens is 2. The van der Waals surface area contributed by atoms with Gasteiger partial charge in [0.1, 0.15) is 30.1 Å². The van der Waals surface area contributed by atoms with Crippen LogP contribution in [0.15, 0.2) is 24.3 Å². The summed E-state index contributed by atoms with van der Waals surface area (Å²) in [5.41, 5.74) is 0.245. The minimum absolute atomic E-state index is 0.162. The predicted molar refractivity (Wildman–Crippen MR) is 101 cm³/mol. The molecule has 3 rings (SSSR count). The summed E-state index contributed by atoms with van der Waals surface area (Å²) >= 11 is 0. The Bertz CT molecular complexity index is 856. The van der Waals surface area contributed by atoms with E-state index in [9.17, 15) is 33.6 Å². The molecule has 11 heteroatoms. The maximum absolute atomic E-state index is 13.5. The lowest BCUT2D eigenvalue weighted by Gasteiger charge is -2.39. The zero-order chi connectivity index (χ0) is 22.8. The standard InChI is InChI=1S/C20H25F3N2O6/c1-2-3-10-4-6-11(7-5-10)8-12-17(20(21,22)23)24-25-18(12)31-19-16(29)15(28)14(27)13(9-26)30-19/h4-7,13-16,19,26-29H,2-3,8-9H2,1H3,(H,24,25)/t13-,14-,15+,16-,19-/m1/s1. The number of H-pyrrole nitrogens is 1. The van der Waals surface area contributed by atoms with E-state index in [0.29, 0.717) is 5.56 Å². The van der Waals surface area contributed by atoms with E-state index in [1.165, 1.54) is 0 Å². The molecule has 1 fully saturated rings. The van der Waals surface area contributed by atoms with Crippen molar-refractivity contribution in [3.63, 3.8) is 0 Å². The molecule has 2 aromatic rings. The van der Waals surface area contributed by atoms with Crippen LogP contribution in [0.4, 0.5) is 13.2 Å². The van der Waals surface area contributed by atoms with Crippen LogP contribution in [0.1, 0.15) is 35.7 Å². The van der Waals surface area contributed by atoms with Crippen molar-refractivity contribution in [3.05, 3.63) is 46.6 Å². The highest BCUT2D eigenvalue weighted by atomic mass is 19.4. The Hall–Kier alpha value is -2.18. The molecule has 0 spiro atoms. The third kappa shape index (κ3) is 5.18. The first-order chi connectivity index (χ1) is 14.7. The molecule has 0 unspecified atom stereocenters. The van der Waals surface area contributed by atoms with E-state index in [1.54, 1.807) is 12.1 Å². The molecule has 0 radical (unpaired) electrons. The van der Waals surface area contributed by atoms with Crippen LogP contribution in [-0.2, 0) is 23.8 Å². The fraction of sp³-hybridized carbons (Fsp3) is 0.550. The lowest BCUT2D eigenvalue weighted by Crippen LogP contribution is -2.60. The second kappa shape index (κ2) is 9.53. The van der Waals surface area contributed by atoms with Gasteiger partial charge in [0, 0.05) is 6.42 Å². The number of ether oxygens (including phenoxy) is 2. The molecule has 1 aliphatic heterocycles. The molecule has 0 bridgehead atoms. The summed E-state index contributed by atoms with van der Waals surface area (Å²) < 4.78 is 51.1. The number of aromatic amines is 1. The first-order valence-corrected chi connectivity index (χ1v) is 9.85. The molecule has 1 aromatic carbocycles. The molecular weight excluding hydrogens is 421 g/mol. The maximum atomic E-state index is 13.5. The van der Waals surface area contributed by atoms with E-state index >= 15 is 0 Å². The number of nitrogens with zero attached hydrogens (tertiary/aromatic N) is 1. The zero-order valence-corrected chi connectivity index (χ0v) is 16.7. The molecule has 0 amide bonds. The molecule has 0 saturated carbocycles. The van der Waals surface area contributed by atoms with E-state index in [4.69, 9.17) is 9.47 Å². The number of benzene rings is 1. The lowest BCUT2D eigenvalue weighted by molar-refractivity contribution is -0.278. The molecule has 1 saturated heterocycles. The Morgan fingerprint density at radius 1 is 1.06 bits per heavy atom. The number of hydrogen-bond donors (Lipinski definition) is 5. The number of aryl methyl sites for hydroxylation is 1. The van der Waals surface area contributed by atoms with Gasteiger partial charge in [-0.1, -0.05) is 37.6 Å². The van der Waals surface area contributed by atoms with Gasteiger partial charge in [0.2, 0.25) is 12.2 Å². The summed E-state index contributed by atoms with van der Waals surface area (Å²) in [5, 5.41) is 44.6. The van der Waals surface area contributed by atoms with Crippen molar-refractivity contribution in [3.8, 4) is 5.88 Å². The van der Waals surface area contributed by atoms with Crippen molar-refractivity contribution in [2.24, 2.45) is 0 Å². The number of hydrogen-bond acceptors (Lipinski definition) is 7. The fourth-order valence-electron chi connectivity index (χ4n) is 3.44. The van der Waals surface area contributed by atoms with E-state index in [2.05, 4.69) is 5.10 Å². The van der Waals surface area contributed by atoms with Gasteiger partial charge < -0.3 is 29.9 Å². The van der Waals surface area contributed by atoms with E-state index in [0.717, 1.165) is 18.4 Å². The molecule has 2 heterocycles. The largest absolute Gasteiger partial charge is 0.443 e. The fourth-order valence-corrected chi connectivity index (χ4v) is 3.44. The third-order valence-electron chi connectivity index (χ3n) is 5.13. The summed E-state index contributed by atoms with van der Waals surface area (Å²) in [6.45, 7) is 1.33. The maximum Gasteiger partial charge on any atom is 0.433 e. The highest BCUT2D eigenvalue weighted by molar-refractivity contribution is 5.38. The molecular formula is C20H25F3N2O6. The van der Waals surface area contributed by atoms with Crippen molar-refractivity contribution in [1.29, 1.82) is 0 Å². The Morgan fingerprint density at radius 3 is 2.29 bits per heavy atom. The Morgan fingerprint density at radius 2 is 1.71 bits per heavy atom. The van der Waals surface area contributed by atoms with E-state index < -0.39 is 55.1 Å². The van der Waals surface area contributed by atoms with Crippen LogP contribution in [0.2, 0.25) is 0 Å². The second-order valence-electron chi connectivity index (χ2n) is 7.44. The number of rotatable bonds is 7. The number of aliphatic hydroxyl groups excluding tert-OH is 4.